The third-order valence-corrected chi connectivity index (χ3v) is 5.60. The average Bonchev–Trinajstić information content (AvgIpc) is 2.78. The zero-order valence-corrected chi connectivity index (χ0v) is 18.6. The Bertz CT molecular complexity index is 1160. The van der Waals surface area contributed by atoms with Gasteiger partial charge in [-0.25, -0.2) is 13.6 Å². The second-order valence-electron chi connectivity index (χ2n) is 7.90. The van der Waals surface area contributed by atoms with Crippen LogP contribution in [0.1, 0.15) is 45.1 Å². The minimum Gasteiger partial charge on any atom is -0.490 e. The predicted molar refractivity (Wildman–Crippen MR) is 123 cm³/mol. The number of amides is 1. The first-order valence-electron chi connectivity index (χ1n) is 10.9. The van der Waals surface area contributed by atoms with Crippen LogP contribution in [0.25, 0.3) is 6.08 Å². The molecule has 0 bridgehead atoms. The Morgan fingerprint density at radius 2 is 1.88 bits per heavy atom. The number of nitrogens with two attached hydrogens (primary N) is 1. The van der Waals surface area contributed by atoms with Gasteiger partial charge in [-0.2, -0.15) is 0 Å². The minimum atomic E-state index is -2.62. The van der Waals surface area contributed by atoms with Gasteiger partial charge in [0.15, 0.2) is 0 Å². The molecule has 1 aliphatic rings. The van der Waals surface area contributed by atoms with E-state index in [4.69, 9.17) is 10.5 Å². The van der Waals surface area contributed by atoms with E-state index in [2.05, 4.69) is 5.32 Å². The molecule has 10 heteroatoms. The van der Waals surface area contributed by atoms with E-state index >= 15 is 0 Å². The first kappa shape index (κ1) is 24.2. The summed E-state index contributed by atoms with van der Waals surface area (Å²) >= 11 is 0. The zero-order chi connectivity index (χ0) is 24.2. The van der Waals surface area contributed by atoms with Crippen molar-refractivity contribution in [2.45, 2.75) is 64.6 Å². The van der Waals surface area contributed by atoms with Crippen molar-refractivity contribution in [2.75, 3.05) is 11.1 Å². The third kappa shape index (κ3) is 5.68. The molecule has 178 valence electrons. The maximum Gasteiger partial charge on any atom is 0.332 e. The van der Waals surface area contributed by atoms with Gasteiger partial charge in [0.2, 0.25) is 11.8 Å². The fraction of sp³-hybridized carbons (Fsp3) is 0.435. The van der Waals surface area contributed by atoms with Gasteiger partial charge in [0.1, 0.15) is 17.3 Å². The SMILES string of the molecule is CCn1c(N)c(NC(=O)/C=C/c2cccc(OC3CCC(F)(F)CC3)c2)c(=O)n(CC)c1=O. The minimum absolute atomic E-state index is 0.104. The van der Waals surface area contributed by atoms with Crippen LogP contribution in [0.5, 0.6) is 5.75 Å². The van der Waals surface area contributed by atoms with E-state index in [1.807, 2.05) is 0 Å². The molecular formula is C23H28F2N4O4. The molecule has 1 aromatic carbocycles. The number of carbonyl (C=O) groups is 1. The molecule has 1 fully saturated rings. The number of aromatic nitrogens is 2. The number of rotatable bonds is 7. The third-order valence-electron chi connectivity index (χ3n) is 5.60. The number of hydrogen-bond donors (Lipinski definition) is 2. The molecule has 33 heavy (non-hydrogen) atoms. The molecule has 1 saturated carbocycles. The fourth-order valence-corrected chi connectivity index (χ4v) is 3.77. The van der Waals surface area contributed by atoms with Crippen LogP contribution in [0.4, 0.5) is 20.3 Å². The topological polar surface area (TPSA) is 108 Å². The van der Waals surface area contributed by atoms with Crippen LogP contribution < -0.4 is 27.0 Å². The fourth-order valence-electron chi connectivity index (χ4n) is 3.77. The Labute approximate surface area is 189 Å². The lowest BCUT2D eigenvalue weighted by Gasteiger charge is -2.28. The molecule has 0 atom stereocenters. The Morgan fingerprint density at radius 1 is 1.21 bits per heavy atom. The summed E-state index contributed by atoms with van der Waals surface area (Å²) in [7, 11) is 0. The Morgan fingerprint density at radius 3 is 2.52 bits per heavy atom. The highest BCUT2D eigenvalue weighted by atomic mass is 19.3. The summed E-state index contributed by atoms with van der Waals surface area (Å²) in [5.74, 6) is -2.79. The quantitative estimate of drug-likeness (QED) is 0.614. The lowest BCUT2D eigenvalue weighted by molar-refractivity contribution is -0.111. The van der Waals surface area contributed by atoms with Crippen LogP contribution in [-0.2, 0) is 17.9 Å². The van der Waals surface area contributed by atoms with Gasteiger partial charge in [-0.05, 0) is 50.5 Å². The molecule has 8 nitrogen and oxygen atoms in total. The first-order chi connectivity index (χ1) is 15.6. The molecule has 0 spiro atoms. The van der Waals surface area contributed by atoms with E-state index in [1.54, 1.807) is 38.1 Å². The van der Waals surface area contributed by atoms with Gasteiger partial charge in [0.25, 0.3) is 5.56 Å². The number of nitrogens with one attached hydrogen (secondary N) is 1. The maximum absolute atomic E-state index is 13.3. The van der Waals surface area contributed by atoms with E-state index < -0.39 is 23.1 Å². The van der Waals surface area contributed by atoms with Crippen LogP contribution >= 0.6 is 0 Å². The lowest BCUT2D eigenvalue weighted by Crippen LogP contribution is -2.42. The average molecular weight is 462 g/mol. The number of anilines is 2. The van der Waals surface area contributed by atoms with Gasteiger partial charge in [0.05, 0.1) is 6.10 Å². The molecule has 1 aromatic heterocycles. The van der Waals surface area contributed by atoms with Crippen LogP contribution in [-0.4, -0.2) is 27.1 Å². The number of hydrogen-bond acceptors (Lipinski definition) is 5. The van der Waals surface area contributed by atoms with Gasteiger partial charge in [0, 0.05) is 32.0 Å². The highest BCUT2D eigenvalue weighted by Crippen LogP contribution is 2.34. The zero-order valence-electron chi connectivity index (χ0n) is 18.6. The smallest absolute Gasteiger partial charge is 0.332 e. The number of nitrogen functional groups attached to an aromatic ring is 1. The summed E-state index contributed by atoms with van der Waals surface area (Å²) in [4.78, 5) is 37.3. The summed E-state index contributed by atoms with van der Waals surface area (Å²) in [6.45, 7) is 3.75. The highest BCUT2D eigenvalue weighted by Gasteiger charge is 2.35. The molecular weight excluding hydrogens is 434 g/mol. The van der Waals surface area contributed by atoms with Crippen LogP contribution in [0.15, 0.2) is 39.9 Å². The molecule has 0 saturated heterocycles. The number of halogens is 2. The van der Waals surface area contributed by atoms with Crippen molar-refractivity contribution in [3.05, 3.63) is 56.7 Å². The monoisotopic (exact) mass is 462 g/mol. The van der Waals surface area contributed by atoms with Crippen molar-refractivity contribution in [3.63, 3.8) is 0 Å². The Kier molecular flexibility index (Phi) is 7.35. The van der Waals surface area contributed by atoms with Gasteiger partial charge in [-0.3, -0.25) is 18.7 Å². The molecule has 1 heterocycles. The summed E-state index contributed by atoms with van der Waals surface area (Å²) in [5.41, 5.74) is 5.25. The number of benzene rings is 1. The van der Waals surface area contributed by atoms with E-state index in [0.717, 1.165) is 4.57 Å². The molecule has 1 aliphatic carbocycles. The van der Waals surface area contributed by atoms with Gasteiger partial charge in [-0.1, -0.05) is 12.1 Å². The lowest BCUT2D eigenvalue weighted by atomic mass is 9.94. The maximum atomic E-state index is 13.3. The van der Waals surface area contributed by atoms with Crippen molar-refractivity contribution in [1.29, 1.82) is 0 Å². The molecule has 0 aliphatic heterocycles. The van der Waals surface area contributed by atoms with Crippen LogP contribution in [0.2, 0.25) is 0 Å². The second-order valence-corrected chi connectivity index (χ2v) is 7.90. The molecule has 2 aromatic rings. The largest absolute Gasteiger partial charge is 0.490 e. The highest BCUT2D eigenvalue weighted by molar-refractivity contribution is 6.03. The number of alkyl halides is 2. The standard InChI is InChI=1S/C23H28F2N4O4/c1-3-28-20(26)19(21(31)29(4-2)22(28)32)27-18(30)9-8-15-6-5-7-17(14-15)33-16-10-12-23(24,25)13-11-16/h5-9,14,16H,3-4,10-13,26H2,1-2H3,(H,27,30)/b9-8+. The van der Waals surface area contributed by atoms with Crippen molar-refractivity contribution in [3.8, 4) is 5.75 Å². The molecule has 0 radical (unpaired) electrons. The van der Waals surface area contributed by atoms with Crippen molar-refractivity contribution < 1.29 is 18.3 Å². The molecule has 1 amide bonds. The first-order valence-corrected chi connectivity index (χ1v) is 10.9. The molecule has 0 unspecified atom stereocenters. The number of carbonyl (C=O) groups excluding carboxylic acids is 1. The van der Waals surface area contributed by atoms with Gasteiger partial charge < -0.3 is 15.8 Å². The Hall–Kier alpha value is -3.43. The molecule has 3 N–H and O–H groups in total. The van der Waals surface area contributed by atoms with E-state index in [0.29, 0.717) is 11.3 Å². The number of nitrogens with zero attached hydrogens (tertiary/aromatic N) is 2. The summed E-state index contributed by atoms with van der Waals surface area (Å²) in [6, 6.07) is 6.92. The van der Waals surface area contributed by atoms with Crippen LogP contribution in [0, 0.1) is 0 Å². The van der Waals surface area contributed by atoms with Gasteiger partial charge in [-0.15, -0.1) is 0 Å². The predicted octanol–water partition coefficient (Wildman–Crippen LogP) is 3.24. The summed E-state index contributed by atoms with van der Waals surface area (Å²) in [6.07, 6.45) is 2.68. The van der Waals surface area contributed by atoms with Crippen molar-refractivity contribution >= 4 is 23.5 Å². The summed E-state index contributed by atoms with van der Waals surface area (Å²) in [5, 5.41) is 2.47. The van der Waals surface area contributed by atoms with Crippen molar-refractivity contribution in [1.82, 2.24) is 9.13 Å². The van der Waals surface area contributed by atoms with E-state index in [1.165, 1.54) is 16.7 Å². The Balaban J connectivity index is 1.71. The second kappa shape index (κ2) is 10.0. The number of ether oxygens (including phenoxy) is 1. The van der Waals surface area contributed by atoms with E-state index in [9.17, 15) is 23.2 Å². The van der Waals surface area contributed by atoms with E-state index in [-0.39, 0.29) is 56.4 Å². The van der Waals surface area contributed by atoms with Crippen LogP contribution in [0.3, 0.4) is 0 Å². The molecule has 3 rings (SSSR count). The summed E-state index contributed by atoms with van der Waals surface area (Å²) < 4.78 is 34.7. The van der Waals surface area contributed by atoms with Gasteiger partial charge >= 0.3 is 5.69 Å². The normalized spacial score (nSPS) is 16.1. The van der Waals surface area contributed by atoms with Crippen molar-refractivity contribution in [2.24, 2.45) is 0 Å².